The van der Waals surface area contributed by atoms with Gasteiger partial charge in [0.05, 0.1) is 5.56 Å². The van der Waals surface area contributed by atoms with Gasteiger partial charge in [-0.2, -0.15) is 0 Å². The van der Waals surface area contributed by atoms with Crippen LogP contribution in [0.5, 0.6) is 0 Å². The standard InChI is InChI=1S/C12H11NO5/c1-7-2-3-8(12(17)18)6-9(7)13-10(14)4-5-11(15)16/h2-6H,1H3,(H,13,14)(H,15,16)(H,17,18)/b5-4-. The summed E-state index contributed by atoms with van der Waals surface area (Å²) in [6.07, 6.45) is 1.56. The lowest BCUT2D eigenvalue weighted by molar-refractivity contribution is -0.131. The maximum atomic E-state index is 11.3. The highest BCUT2D eigenvalue weighted by Crippen LogP contribution is 2.16. The monoisotopic (exact) mass is 249 g/mol. The molecular formula is C12H11NO5. The maximum absolute atomic E-state index is 11.3. The van der Waals surface area contributed by atoms with Crippen LogP contribution < -0.4 is 5.32 Å². The Morgan fingerprint density at radius 3 is 2.39 bits per heavy atom. The van der Waals surface area contributed by atoms with Crippen LogP contribution in [-0.4, -0.2) is 28.1 Å². The van der Waals surface area contributed by atoms with Crippen LogP contribution in [0.1, 0.15) is 15.9 Å². The van der Waals surface area contributed by atoms with E-state index in [1.165, 1.54) is 12.1 Å². The van der Waals surface area contributed by atoms with Crippen LogP contribution in [0.15, 0.2) is 30.4 Å². The van der Waals surface area contributed by atoms with Crippen LogP contribution in [0.25, 0.3) is 0 Å². The number of benzene rings is 1. The van der Waals surface area contributed by atoms with E-state index in [0.29, 0.717) is 17.3 Å². The number of hydrogen-bond donors (Lipinski definition) is 3. The molecule has 0 unspecified atom stereocenters. The van der Waals surface area contributed by atoms with Crippen molar-refractivity contribution >= 4 is 23.5 Å². The van der Waals surface area contributed by atoms with Crippen molar-refractivity contribution in [3.63, 3.8) is 0 Å². The molecule has 0 heterocycles. The van der Waals surface area contributed by atoms with E-state index in [9.17, 15) is 14.4 Å². The van der Waals surface area contributed by atoms with E-state index in [2.05, 4.69) is 5.32 Å². The molecule has 0 bridgehead atoms. The van der Waals surface area contributed by atoms with Gasteiger partial charge in [0.15, 0.2) is 0 Å². The molecule has 94 valence electrons. The molecule has 6 nitrogen and oxygen atoms in total. The van der Waals surface area contributed by atoms with Crippen molar-refractivity contribution in [3.05, 3.63) is 41.5 Å². The van der Waals surface area contributed by atoms with Gasteiger partial charge in [-0.1, -0.05) is 6.07 Å². The summed E-state index contributed by atoms with van der Waals surface area (Å²) in [5.74, 6) is -2.98. The number of hydrogen-bond acceptors (Lipinski definition) is 3. The summed E-state index contributed by atoms with van der Waals surface area (Å²) in [6.45, 7) is 1.70. The fraction of sp³-hybridized carbons (Fsp3) is 0.0833. The number of amides is 1. The van der Waals surface area contributed by atoms with E-state index in [4.69, 9.17) is 10.2 Å². The lowest BCUT2D eigenvalue weighted by atomic mass is 10.1. The van der Waals surface area contributed by atoms with Crippen molar-refractivity contribution in [1.29, 1.82) is 0 Å². The minimum absolute atomic E-state index is 0.0399. The van der Waals surface area contributed by atoms with Gasteiger partial charge in [0.25, 0.3) is 0 Å². The third-order valence-electron chi connectivity index (χ3n) is 2.12. The molecule has 0 aliphatic carbocycles. The second-order valence-corrected chi connectivity index (χ2v) is 3.50. The minimum Gasteiger partial charge on any atom is -0.478 e. The Labute approximate surface area is 103 Å². The molecule has 3 N–H and O–H groups in total. The highest BCUT2D eigenvalue weighted by molar-refractivity contribution is 6.03. The van der Waals surface area contributed by atoms with Crippen molar-refractivity contribution < 1.29 is 24.6 Å². The van der Waals surface area contributed by atoms with Crippen LogP contribution >= 0.6 is 0 Å². The molecule has 6 heteroatoms. The van der Waals surface area contributed by atoms with E-state index in [1.54, 1.807) is 13.0 Å². The van der Waals surface area contributed by atoms with Crippen LogP contribution in [0, 0.1) is 6.92 Å². The molecule has 1 aromatic rings. The Hall–Kier alpha value is -2.63. The van der Waals surface area contributed by atoms with E-state index < -0.39 is 17.8 Å². The number of carbonyl (C=O) groups excluding carboxylic acids is 1. The van der Waals surface area contributed by atoms with E-state index in [-0.39, 0.29) is 5.56 Å². The largest absolute Gasteiger partial charge is 0.478 e. The average molecular weight is 249 g/mol. The summed E-state index contributed by atoms with van der Waals surface area (Å²) in [5.41, 5.74) is 1.05. The van der Waals surface area contributed by atoms with Gasteiger partial charge in [0, 0.05) is 17.8 Å². The Bertz CT molecular complexity index is 533. The highest BCUT2D eigenvalue weighted by atomic mass is 16.4. The molecule has 0 radical (unpaired) electrons. The van der Waals surface area contributed by atoms with Crippen molar-refractivity contribution in [3.8, 4) is 0 Å². The summed E-state index contributed by atoms with van der Waals surface area (Å²) < 4.78 is 0. The zero-order valence-corrected chi connectivity index (χ0v) is 9.51. The second kappa shape index (κ2) is 5.62. The number of aryl methyl sites for hydroxylation is 1. The van der Waals surface area contributed by atoms with E-state index in [0.717, 1.165) is 6.08 Å². The normalized spacial score (nSPS) is 10.3. The number of carbonyl (C=O) groups is 3. The molecule has 0 fully saturated rings. The minimum atomic E-state index is -1.24. The second-order valence-electron chi connectivity index (χ2n) is 3.50. The number of carboxylic acid groups (broad SMARTS) is 2. The van der Waals surface area contributed by atoms with Crippen molar-refractivity contribution in [1.82, 2.24) is 0 Å². The summed E-state index contributed by atoms with van der Waals surface area (Å²) in [5, 5.41) is 19.6. The first kappa shape index (κ1) is 13.4. The highest BCUT2D eigenvalue weighted by Gasteiger charge is 2.07. The Balaban J connectivity index is 2.90. The van der Waals surface area contributed by atoms with Crippen LogP contribution in [0.3, 0.4) is 0 Å². The van der Waals surface area contributed by atoms with Gasteiger partial charge in [0.2, 0.25) is 5.91 Å². The predicted molar refractivity (Wildman–Crippen MR) is 63.5 cm³/mol. The molecule has 0 saturated heterocycles. The number of rotatable bonds is 4. The first-order chi connectivity index (χ1) is 8.40. The molecule has 0 spiro atoms. The van der Waals surface area contributed by atoms with Gasteiger partial charge in [-0.25, -0.2) is 9.59 Å². The predicted octanol–water partition coefficient (Wildman–Crippen LogP) is 1.27. The van der Waals surface area contributed by atoms with Gasteiger partial charge in [-0.3, -0.25) is 4.79 Å². The summed E-state index contributed by atoms with van der Waals surface area (Å²) in [7, 11) is 0. The molecular weight excluding hydrogens is 238 g/mol. The zero-order chi connectivity index (χ0) is 13.7. The molecule has 1 amide bonds. The van der Waals surface area contributed by atoms with E-state index in [1.807, 2.05) is 0 Å². The van der Waals surface area contributed by atoms with E-state index >= 15 is 0 Å². The Morgan fingerprint density at radius 1 is 1.17 bits per heavy atom. The third-order valence-corrected chi connectivity index (χ3v) is 2.12. The maximum Gasteiger partial charge on any atom is 0.335 e. The lowest BCUT2D eigenvalue weighted by Gasteiger charge is -2.07. The quantitative estimate of drug-likeness (QED) is 0.697. The number of aromatic carboxylic acids is 1. The molecule has 1 aromatic carbocycles. The lowest BCUT2D eigenvalue weighted by Crippen LogP contribution is -2.10. The summed E-state index contributed by atoms with van der Waals surface area (Å²) >= 11 is 0. The fourth-order valence-electron chi connectivity index (χ4n) is 1.21. The summed E-state index contributed by atoms with van der Waals surface area (Å²) in [4.78, 5) is 32.3. The molecule has 0 aliphatic rings. The molecule has 1 rings (SSSR count). The average Bonchev–Trinajstić information content (AvgIpc) is 2.29. The van der Waals surface area contributed by atoms with Gasteiger partial charge >= 0.3 is 11.9 Å². The first-order valence-corrected chi connectivity index (χ1v) is 4.96. The Morgan fingerprint density at radius 2 is 1.83 bits per heavy atom. The molecule has 0 atom stereocenters. The van der Waals surface area contributed by atoms with Crippen LogP contribution in [0.2, 0.25) is 0 Å². The van der Waals surface area contributed by atoms with Crippen molar-refractivity contribution in [2.75, 3.05) is 5.32 Å². The summed E-state index contributed by atoms with van der Waals surface area (Å²) in [6, 6.07) is 4.28. The van der Waals surface area contributed by atoms with Crippen molar-refractivity contribution in [2.24, 2.45) is 0 Å². The first-order valence-electron chi connectivity index (χ1n) is 4.96. The Kier molecular flexibility index (Phi) is 4.20. The smallest absolute Gasteiger partial charge is 0.335 e. The number of nitrogens with one attached hydrogen (secondary N) is 1. The van der Waals surface area contributed by atoms with Gasteiger partial charge < -0.3 is 15.5 Å². The molecule has 18 heavy (non-hydrogen) atoms. The number of carboxylic acids is 2. The SMILES string of the molecule is Cc1ccc(C(=O)O)cc1NC(=O)/C=C\C(=O)O. The third kappa shape index (κ3) is 3.75. The fourth-order valence-corrected chi connectivity index (χ4v) is 1.21. The molecule has 0 saturated carbocycles. The zero-order valence-electron chi connectivity index (χ0n) is 9.51. The number of anilines is 1. The number of aliphatic carboxylic acids is 1. The topological polar surface area (TPSA) is 104 Å². The van der Waals surface area contributed by atoms with Gasteiger partial charge in [0.1, 0.15) is 0 Å². The van der Waals surface area contributed by atoms with Crippen molar-refractivity contribution in [2.45, 2.75) is 6.92 Å². The van der Waals surface area contributed by atoms with Gasteiger partial charge in [-0.05, 0) is 24.6 Å². The van der Waals surface area contributed by atoms with Crippen LogP contribution in [0.4, 0.5) is 5.69 Å². The van der Waals surface area contributed by atoms with Gasteiger partial charge in [-0.15, -0.1) is 0 Å². The van der Waals surface area contributed by atoms with Crippen LogP contribution in [-0.2, 0) is 9.59 Å². The molecule has 0 aromatic heterocycles. The molecule has 0 aliphatic heterocycles.